The van der Waals surface area contributed by atoms with Gasteiger partial charge in [-0.1, -0.05) is 0 Å². The molecule has 2 unspecified atom stereocenters. The van der Waals surface area contributed by atoms with E-state index in [1.165, 1.54) is 0 Å². The summed E-state index contributed by atoms with van der Waals surface area (Å²) in [7, 11) is 0. The third kappa shape index (κ3) is 2.40. The van der Waals surface area contributed by atoms with Crippen LogP contribution in [0, 0.1) is 6.92 Å². The smallest absolute Gasteiger partial charge is 0.132 e. The first-order chi connectivity index (χ1) is 7.16. The Morgan fingerprint density at radius 3 is 3.00 bits per heavy atom. The van der Waals surface area contributed by atoms with Gasteiger partial charge in [-0.3, -0.25) is 0 Å². The molecule has 4 heteroatoms. The van der Waals surface area contributed by atoms with Crippen molar-refractivity contribution in [3.05, 3.63) is 18.1 Å². The summed E-state index contributed by atoms with van der Waals surface area (Å²) in [6.07, 6.45) is 4.04. The molecule has 1 aliphatic heterocycles. The van der Waals surface area contributed by atoms with Crippen molar-refractivity contribution in [3.63, 3.8) is 0 Å². The van der Waals surface area contributed by atoms with Crippen LogP contribution in [-0.2, 0) is 0 Å². The summed E-state index contributed by atoms with van der Waals surface area (Å²) < 4.78 is 0. The monoisotopic (exact) mass is 225 g/mol. The predicted octanol–water partition coefficient (Wildman–Crippen LogP) is 2.38. The molecule has 0 aliphatic carbocycles. The summed E-state index contributed by atoms with van der Waals surface area (Å²) in [5, 5.41) is 0.247. The van der Waals surface area contributed by atoms with Gasteiger partial charge in [0.15, 0.2) is 0 Å². The average Bonchev–Trinajstić information content (AvgIpc) is 2.22. The molecule has 0 radical (unpaired) electrons. The number of halogens is 1. The van der Waals surface area contributed by atoms with Crippen molar-refractivity contribution in [1.82, 2.24) is 9.97 Å². The predicted molar refractivity (Wildman–Crippen MR) is 62.5 cm³/mol. The van der Waals surface area contributed by atoms with Gasteiger partial charge in [0.25, 0.3) is 0 Å². The molecule has 0 spiro atoms. The molecule has 0 saturated carbocycles. The molecule has 1 aliphatic rings. The van der Waals surface area contributed by atoms with E-state index in [1.807, 2.05) is 19.2 Å². The molecule has 82 valence electrons. The normalized spacial score (nSPS) is 26.7. The van der Waals surface area contributed by atoms with E-state index in [9.17, 15) is 0 Å². The maximum atomic E-state index is 6.18. The first kappa shape index (κ1) is 10.7. The second-order valence-corrected chi connectivity index (χ2v) is 4.76. The summed E-state index contributed by atoms with van der Waals surface area (Å²) in [5.41, 5.74) is 0. The van der Waals surface area contributed by atoms with Gasteiger partial charge < -0.3 is 4.90 Å². The fraction of sp³-hybridized carbons (Fsp3) is 0.636. The molecule has 0 amide bonds. The van der Waals surface area contributed by atoms with E-state index in [0.29, 0.717) is 6.04 Å². The topological polar surface area (TPSA) is 29.0 Å². The molecule has 15 heavy (non-hydrogen) atoms. The minimum atomic E-state index is 0.247. The highest BCUT2D eigenvalue weighted by atomic mass is 35.5. The standard InChI is InChI=1S/C11H16ClN3/c1-8-3-4-10(12)7-15(8)11-5-6-13-9(2)14-11/h5-6,8,10H,3-4,7H2,1-2H3. The quantitative estimate of drug-likeness (QED) is 0.688. The number of hydrogen-bond acceptors (Lipinski definition) is 3. The molecular formula is C11H16ClN3. The summed E-state index contributed by atoms with van der Waals surface area (Å²) in [6, 6.07) is 2.48. The average molecular weight is 226 g/mol. The molecular weight excluding hydrogens is 210 g/mol. The van der Waals surface area contributed by atoms with Crippen molar-refractivity contribution < 1.29 is 0 Å². The molecule has 1 fully saturated rings. The van der Waals surface area contributed by atoms with Crippen molar-refractivity contribution in [2.24, 2.45) is 0 Å². The van der Waals surface area contributed by atoms with Gasteiger partial charge in [-0.2, -0.15) is 0 Å². The second-order valence-electron chi connectivity index (χ2n) is 4.14. The number of hydrogen-bond donors (Lipinski definition) is 0. The first-order valence-electron chi connectivity index (χ1n) is 5.37. The number of aryl methyl sites for hydroxylation is 1. The van der Waals surface area contributed by atoms with Crippen LogP contribution in [0.15, 0.2) is 12.3 Å². The zero-order valence-corrected chi connectivity index (χ0v) is 9.91. The van der Waals surface area contributed by atoms with Crippen molar-refractivity contribution in [2.45, 2.75) is 38.1 Å². The Balaban J connectivity index is 2.21. The minimum absolute atomic E-state index is 0.247. The van der Waals surface area contributed by atoms with E-state index in [-0.39, 0.29) is 5.38 Å². The third-order valence-corrected chi connectivity index (χ3v) is 3.24. The summed E-state index contributed by atoms with van der Waals surface area (Å²) >= 11 is 6.18. The lowest BCUT2D eigenvalue weighted by atomic mass is 10.0. The summed E-state index contributed by atoms with van der Waals surface area (Å²) in [6.45, 7) is 5.02. The zero-order chi connectivity index (χ0) is 10.8. The lowest BCUT2D eigenvalue weighted by Crippen LogP contribution is -2.43. The molecule has 2 heterocycles. The van der Waals surface area contributed by atoms with E-state index < -0.39 is 0 Å². The van der Waals surface area contributed by atoms with Crippen LogP contribution < -0.4 is 4.90 Å². The molecule has 3 nitrogen and oxygen atoms in total. The number of aromatic nitrogens is 2. The van der Waals surface area contributed by atoms with Crippen LogP contribution in [0.25, 0.3) is 0 Å². The number of alkyl halides is 1. The number of rotatable bonds is 1. The molecule has 0 N–H and O–H groups in total. The SMILES string of the molecule is Cc1nccc(N2CC(Cl)CCC2C)n1. The van der Waals surface area contributed by atoms with Crippen molar-refractivity contribution in [2.75, 3.05) is 11.4 Å². The molecule has 0 bridgehead atoms. The van der Waals surface area contributed by atoms with Crippen LogP contribution in [0.4, 0.5) is 5.82 Å². The Morgan fingerprint density at radius 1 is 1.47 bits per heavy atom. The first-order valence-corrected chi connectivity index (χ1v) is 5.81. The lowest BCUT2D eigenvalue weighted by Gasteiger charge is -2.36. The van der Waals surface area contributed by atoms with E-state index in [1.54, 1.807) is 0 Å². The van der Waals surface area contributed by atoms with E-state index in [2.05, 4.69) is 21.8 Å². The fourth-order valence-electron chi connectivity index (χ4n) is 1.99. The van der Waals surface area contributed by atoms with Gasteiger partial charge in [-0.05, 0) is 32.8 Å². The highest BCUT2D eigenvalue weighted by molar-refractivity contribution is 6.21. The molecule has 0 aromatic carbocycles. The van der Waals surface area contributed by atoms with E-state index in [4.69, 9.17) is 11.6 Å². The largest absolute Gasteiger partial charge is 0.352 e. The van der Waals surface area contributed by atoms with Gasteiger partial charge in [0.05, 0.1) is 5.38 Å². The second kappa shape index (κ2) is 4.35. The van der Waals surface area contributed by atoms with Crippen LogP contribution in [0.5, 0.6) is 0 Å². The fourth-order valence-corrected chi connectivity index (χ4v) is 2.26. The van der Waals surface area contributed by atoms with Gasteiger partial charge in [-0.25, -0.2) is 9.97 Å². The highest BCUT2D eigenvalue weighted by Gasteiger charge is 2.24. The lowest BCUT2D eigenvalue weighted by molar-refractivity contribution is 0.485. The minimum Gasteiger partial charge on any atom is -0.352 e. The number of piperidine rings is 1. The van der Waals surface area contributed by atoms with Crippen LogP contribution in [-0.4, -0.2) is 27.9 Å². The van der Waals surface area contributed by atoms with Crippen molar-refractivity contribution in [1.29, 1.82) is 0 Å². The van der Waals surface area contributed by atoms with E-state index >= 15 is 0 Å². The Kier molecular flexibility index (Phi) is 3.10. The molecule has 2 rings (SSSR count). The van der Waals surface area contributed by atoms with Gasteiger partial charge in [-0.15, -0.1) is 11.6 Å². The number of nitrogens with zero attached hydrogens (tertiary/aromatic N) is 3. The van der Waals surface area contributed by atoms with Crippen LogP contribution >= 0.6 is 11.6 Å². The van der Waals surface area contributed by atoms with Crippen LogP contribution in [0.3, 0.4) is 0 Å². The molecule has 1 saturated heterocycles. The van der Waals surface area contributed by atoms with E-state index in [0.717, 1.165) is 31.0 Å². The zero-order valence-electron chi connectivity index (χ0n) is 9.15. The van der Waals surface area contributed by atoms with Crippen molar-refractivity contribution in [3.8, 4) is 0 Å². The summed E-state index contributed by atoms with van der Waals surface area (Å²) in [4.78, 5) is 10.8. The molecule has 2 atom stereocenters. The van der Waals surface area contributed by atoms with Crippen molar-refractivity contribution >= 4 is 17.4 Å². The van der Waals surface area contributed by atoms with Gasteiger partial charge in [0, 0.05) is 18.8 Å². The third-order valence-electron chi connectivity index (χ3n) is 2.88. The Hall–Kier alpha value is -0.830. The van der Waals surface area contributed by atoms with Gasteiger partial charge in [0.1, 0.15) is 11.6 Å². The van der Waals surface area contributed by atoms with Gasteiger partial charge >= 0.3 is 0 Å². The summed E-state index contributed by atoms with van der Waals surface area (Å²) in [5.74, 6) is 1.82. The maximum Gasteiger partial charge on any atom is 0.132 e. The molecule has 1 aromatic heterocycles. The Morgan fingerprint density at radius 2 is 2.27 bits per heavy atom. The maximum absolute atomic E-state index is 6.18. The Labute approximate surface area is 95.5 Å². The van der Waals surface area contributed by atoms with Crippen LogP contribution in [0.1, 0.15) is 25.6 Å². The highest BCUT2D eigenvalue weighted by Crippen LogP contribution is 2.25. The van der Waals surface area contributed by atoms with Gasteiger partial charge in [0.2, 0.25) is 0 Å². The Bertz CT molecular complexity index is 342. The molecule has 1 aromatic rings. The number of anilines is 1. The van der Waals surface area contributed by atoms with Crippen LogP contribution in [0.2, 0.25) is 0 Å².